The van der Waals surface area contributed by atoms with E-state index in [0.717, 1.165) is 16.7 Å². The molecule has 2 aromatic carbocycles. The van der Waals surface area contributed by atoms with Crippen molar-refractivity contribution in [2.45, 2.75) is 20.3 Å². The van der Waals surface area contributed by atoms with Crippen LogP contribution in [0.15, 0.2) is 77.9 Å². The van der Waals surface area contributed by atoms with Crippen LogP contribution in [0.3, 0.4) is 0 Å². The van der Waals surface area contributed by atoms with Gasteiger partial charge in [-0.05, 0) is 42.5 Å². The normalized spacial score (nSPS) is 12.3. The maximum absolute atomic E-state index is 11.3. The van der Waals surface area contributed by atoms with Gasteiger partial charge in [-0.2, -0.15) is 0 Å². The van der Waals surface area contributed by atoms with E-state index in [-0.39, 0.29) is 0 Å². The molecular formula is C20H20O2. The quantitative estimate of drug-likeness (QED) is 0.630. The van der Waals surface area contributed by atoms with E-state index in [4.69, 9.17) is 0 Å². The Morgan fingerprint density at radius 3 is 2.00 bits per heavy atom. The van der Waals surface area contributed by atoms with Crippen molar-refractivity contribution in [2.24, 2.45) is 0 Å². The van der Waals surface area contributed by atoms with E-state index < -0.39 is 5.97 Å². The fourth-order valence-electron chi connectivity index (χ4n) is 2.46. The lowest BCUT2D eigenvalue weighted by Gasteiger charge is -2.09. The largest absolute Gasteiger partial charge is 0.478 e. The fourth-order valence-corrected chi connectivity index (χ4v) is 2.46. The maximum Gasteiger partial charge on any atom is 0.335 e. The van der Waals surface area contributed by atoms with Gasteiger partial charge in [0.1, 0.15) is 0 Å². The molecule has 0 aliphatic heterocycles. The Bertz CT molecular complexity index is 692. The van der Waals surface area contributed by atoms with Gasteiger partial charge < -0.3 is 5.11 Å². The number of carboxylic acid groups (broad SMARTS) is 1. The molecule has 0 amide bonds. The van der Waals surface area contributed by atoms with Gasteiger partial charge in [0, 0.05) is 0 Å². The van der Waals surface area contributed by atoms with E-state index in [2.05, 4.69) is 36.4 Å². The van der Waals surface area contributed by atoms with Gasteiger partial charge in [-0.25, -0.2) is 4.79 Å². The summed E-state index contributed by atoms with van der Waals surface area (Å²) in [6.07, 6.45) is 4.14. The van der Waals surface area contributed by atoms with Gasteiger partial charge in [0.05, 0.1) is 5.57 Å². The molecule has 2 heteroatoms. The molecule has 0 saturated heterocycles. The minimum Gasteiger partial charge on any atom is -0.478 e. The predicted octanol–water partition coefficient (Wildman–Crippen LogP) is 4.87. The van der Waals surface area contributed by atoms with Crippen molar-refractivity contribution < 1.29 is 9.90 Å². The van der Waals surface area contributed by atoms with Crippen LogP contribution < -0.4 is 0 Å². The summed E-state index contributed by atoms with van der Waals surface area (Å²) >= 11 is 0. The number of aliphatic carboxylic acids is 1. The van der Waals surface area contributed by atoms with Crippen LogP contribution in [-0.4, -0.2) is 11.1 Å². The van der Waals surface area contributed by atoms with Crippen molar-refractivity contribution in [3.05, 3.63) is 83.5 Å². The number of allylic oxidation sites excluding steroid dienone is 2. The van der Waals surface area contributed by atoms with E-state index >= 15 is 0 Å². The number of hydrogen-bond donors (Lipinski definition) is 1. The molecule has 22 heavy (non-hydrogen) atoms. The highest BCUT2D eigenvalue weighted by atomic mass is 16.4. The molecule has 2 nitrogen and oxygen atoms in total. The minimum absolute atomic E-state index is 0.370. The lowest BCUT2D eigenvalue weighted by molar-refractivity contribution is -0.132. The minimum atomic E-state index is -0.878. The summed E-state index contributed by atoms with van der Waals surface area (Å²) in [4.78, 5) is 11.3. The third kappa shape index (κ3) is 3.73. The molecule has 2 rings (SSSR count). The number of carboxylic acids is 1. The van der Waals surface area contributed by atoms with Crippen LogP contribution in [0.4, 0.5) is 0 Å². The summed E-state index contributed by atoms with van der Waals surface area (Å²) in [7, 11) is 0. The first-order valence-electron chi connectivity index (χ1n) is 7.35. The summed E-state index contributed by atoms with van der Waals surface area (Å²) < 4.78 is 0. The Morgan fingerprint density at radius 2 is 1.50 bits per heavy atom. The Hall–Kier alpha value is -2.61. The van der Waals surface area contributed by atoms with Crippen molar-refractivity contribution in [3.63, 3.8) is 0 Å². The first-order valence-corrected chi connectivity index (χ1v) is 7.35. The average molecular weight is 292 g/mol. The van der Waals surface area contributed by atoms with Crippen molar-refractivity contribution in [3.8, 4) is 11.1 Å². The fraction of sp³-hybridized carbons (Fsp3) is 0.150. The van der Waals surface area contributed by atoms with E-state index in [0.29, 0.717) is 12.0 Å². The van der Waals surface area contributed by atoms with Gasteiger partial charge in [0.15, 0.2) is 0 Å². The molecule has 0 aliphatic carbocycles. The first-order chi connectivity index (χ1) is 10.7. The zero-order chi connectivity index (χ0) is 15.9. The predicted molar refractivity (Wildman–Crippen MR) is 90.7 cm³/mol. The number of benzene rings is 2. The molecule has 0 aromatic heterocycles. The van der Waals surface area contributed by atoms with E-state index in [9.17, 15) is 9.90 Å². The lowest BCUT2D eigenvalue weighted by Crippen LogP contribution is -2.05. The van der Waals surface area contributed by atoms with Gasteiger partial charge in [0.25, 0.3) is 0 Å². The van der Waals surface area contributed by atoms with Crippen LogP contribution in [0.2, 0.25) is 0 Å². The highest BCUT2D eigenvalue weighted by Crippen LogP contribution is 2.22. The molecule has 0 saturated carbocycles. The molecule has 0 bridgehead atoms. The number of hydrogen-bond acceptors (Lipinski definition) is 1. The molecular weight excluding hydrogens is 272 g/mol. The van der Waals surface area contributed by atoms with Crippen LogP contribution in [0.1, 0.15) is 19.4 Å². The smallest absolute Gasteiger partial charge is 0.335 e. The molecule has 1 N–H and O–H groups in total. The Morgan fingerprint density at radius 1 is 0.909 bits per heavy atom. The lowest BCUT2D eigenvalue weighted by atomic mass is 9.96. The molecule has 0 spiro atoms. The maximum atomic E-state index is 11.3. The van der Waals surface area contributed by atoms with Crippen LogP contribution in [0.25, 0.3) is 11.1 Å². The zero-order valence-corrected chi connectivity index (χ0v) is 12.9. The summed E-state index contributed by atoms with van der Waals surface area (Å²) in [5.41, 5.74) is 4.65. The topological polar surface area (TPSA) is 37.3 Å². The Labute approximate surface area is 131 Å². The van der Waals surface area contributed by atoms with Crippen molar-refractivity contribution in [1.29, 1.82) is 0 Å². The molecule has 0 unspecified atom stereocenters. The van der Waals surface area contributed by atoms with Gasteiger partial charge >= 0.3 is 5.97 Å². The zero-order valence-electron chi connectivity index (χ0n) is 12.9. The third-order valence-electron chi connectivity index (χ3n) is 3.67. The second-order valence-electron chi connectivity index (χ2n) is 5.06. The number of rotatable bonds is 5. The highest BCUT2D eigenvalue weighted by molar-refractivity contribution is 5.91. The standard InChI is InChI=1S/C20H20O2/c1-3-16(19(4-2)20(21)22)14-15-10-12-18(13-11-15)17-8-6-5-7-9-17/h3-13H,14H2,1-2H3,(H,21,22)/b16-3-,19-4+. The van der Waals surface area contributed by atoms with Crippen LogP contribution in [0.5, 0.6) is 0 Å². The highest BCUT2D eigenvalue weighted by Gasteiger charge is 2.12. The molecule has 0 fully saturated rings. The van der Waals surface area contributed by atoms with E-state index in [1.54, 1.807) is 13.0 Å². The summed E-state index contributed by atoms with van der Waals surface area (Å²) in [5.74, 6) is -0.878. The Kier molecular flexibility index (Phi) is 5.31. The SMILES string of the molecule is C/C=C(Cc1ccc(-c2ccccc2)cc1)\C(=C/C)C(=O)O. The van der Waals surface area contributed by atoms with Gasteiger partial charge in [-0.1, -0.05) is 66.7 Å². The number of carbonyl (C=O) groups is 1. The van der Waals surface area contributed by atoms with Crippen molar-refractivity contribution in [2.75, 3.05) is 0 Å². The summed E-state index contributed by atoms with van der Waals surface area (Å²) in [5, 5.41) is 9.24. The van der Waals surface area contributed by atoms with Crippen LogP contribution in [0, 0.1) is 0 Å². The molecule has 0 radical (unpaired) electrons. The molecule has 0 atom stereocenters. The molecule has 0 heterocycles. The van der Waals surface area contributed by atoms with Crippen LogP contribution >= 0.6 is 0 Å². The van der Waals surface area contributed by atoms with Crippen LogP contribution in [-0.2, 0) is 11.2 Å². The molecule has 2 aromatic rings. The second kappa shape index (κ2) is 7.41. The Balaban J connectivity index is 2.19. The second-order valence-corrected chi connectivity index (χ2v) is 5.06. The molecule has 0 aliphatic rings. The van der Waals surface area contributed by atoms with Crippen molar-refractivity contribution >= 4 is 5.97 Å². The monoisotopic (exact) mass is 292 g/mol. The van der Waals surface area contributed by atoms with E-state index in [1.807, 2.05) is 31.2 Å². The van der Waals surface area contributed by atoms with Gasteiger partial charge in [-0.15, -0.1) is 0 Å². The summed E-state index contributed by atoms with van der Waals surface area (Å²) in [6, 6.07) is 18.5. The molecule has 112 valence electrons. The van der Waals surface area contributed by atoms with E-state index in [1.165, 1.54) is 5.56 Å². The first kappa shape index (κ1) is 15.8. The van der Waals surface area contributed by atoms with Gasteiger partial charge in [-0.3, -0.25) is 0 Å². The van der Waals surface area contributed by atoms with Crippen molar-refractivity contribution in [1.82, 2.24) is 0 Å². The summed E-state index contributed by atoms with van der Waals surface area (Å²) in [6.45, 7) is 3.63. The van der Waals surface area contributed by atoms with Gasteiger partial charge in [0.2, 0.25) is 0 Å². The third-order valence-corrected chi connectivity index (χ3v) is 3.67. The average Bonchev–Trinajstić information content (AvgIpc) is 2.55.